The fraction of sp³-hybridized carbons (Fsp3) is 0.176. The van der Waals surface area contributed by atoms with Gasteiger partial charge in [0.05, 0.1) is 18.4 Å². The highest BCUT2D eigenvalue weighted by molar-refractivity contribution is 5.94. The Bertz CT molecular complexity index is 912. The van der Waals surface area contributed by atoms with Gasteiger partial charge < -0.3 is 4.74 Å². The number of hydrogen-bond donors (Lipinski definition) is 0. The van der Waals surface area contributed by atoms with E-state index >= 15 is 0 Å². The molecule has 1 aromatic carbocycles. The predicted octanol–water partition coefficient (Wildman–Crippen LogP) is 4.15. The first kappa shape index (κ1) is 14.9. The summed E-state index contributed by atoms with van der Waals surface area (Å²) in [5, 5.41) is 8.52. The van der Waals surface area contributed by atoms with E-state index < -0.39 is 5.97 Å². The topological polar surface area (TPSA) is 68.3 Å². The number of pyridine rings is 1. The minimum absolute atomic E-state index is 0.376. The van der Waals surface area contributed by atoms with Crippen molar-refractivity contribution in [2.45, 2.75) is 13.8 Å². The highest BCUT2D eigenvalue weighted by Gasteiger charge is 2.12. The van der Waals surface area contributed by atoms with Crippen molar-refractivity contribution in [3.8, 4) is 0 Å². The van der Waals surface area contributed by atoms with Crippen molar-refractivity contribution < 1.29 is 9.53 Å². The van der Waals surface area contributed by atoms with Crippen molar-refractivity contribution in [2.75, 3.05) is 7.11 Å². The van der Waals surface area contributed by atoms with Gasteiger partial charge in [-0.1, -0.05) is 18.2 Å². The molecule has 2 aromatic heterocycles. The molecule has 0 atom stereocenters. The lowest BCUT2D eigenvalue weighted by molar-refractivity contribution is 0.0601. The third-order valence-electron chi connectivity index (χ3n) is 3.47. The van der Waals surface area contributed by atoms with Gasteiger partial charge in [0.15, 0.2) is 5.82 Å². The Morgan fingerprint density at radius 3 is 2.70 bits per heavy atom. The molecule has 23 heavy (non-hydrogen) atoms. The van der Waals surface area contributed by atoms with Crippen LogP contribution in [0.3, 0.4) is 0 Å². The van der Waals surface area contributed by atoms with Crippen LogP contribution in [0.1, 0.15) is 21.6 Å². The molecule has 0 unspecified atom stereocenters. The van der Waals surface area contributed by atoms with E-state index in [0.29, 0.717) is 17.1 Å². The number of fused-ring (bicyclic) bond motifs is 1. The molecule has 116 valence electrons. The van der Waals surface area contributed by atoms with Crippen LogP contribution in [-0.2, 0) is 4.74 Å². The fourth-order valence-corrected chi connectivity index (χ4v) is 2.32. The van der Waals surface area contributed by atoms with Gasteiger partial charge >= 0.3 is 5.97 Å². The minimum atomic E-state index is -0.440. The zero-order chi connectivity index (χ0) is 16.4. The Kier molecular flexibility index (Phi) is 3.89. The Morgan fingerprint density at radius 1 is 1.13 bits per heavy atom. The maximum Gasteiger partial charge on any atom is 0.340 e. The highest BCUT2D eigenvalue weighted by Crippen LogP contribution is 2.26. The number of carbonyl (C=O) groups excluding carboxylic acids is 1. The average Bonchev–Trinajstić information content (AvgIpc) is 2.87. The maximum atomic E-state index is 11.8. The van der Waals surface area contributed by atoms with Crippen LogP contribution in [0, 0.1) is 13.8 Å². The van der Waals surface area contributed by atoms with Crippen LogP contribution in [0.25, 0.3) is 5.65 Å². The molecular formula is C17H16N4O2. The van der Waals surface area contributed by atoms with Crippen LogP contribution < -0.4 is 0 Å². The number of azo groups is 1. The normalized spacial score (nSPS) is 11.3. The standard InChI is InChI=1S/C17H16N4O2/c1-11-8-9-15-18-12(2)16(21(15)10-11)20-19-14-7-5-4-6-13(14)17(22)23-3/h4-10H,1-3H3. The molecule has 6 nitrogen and oxygen atoms in total. The number of aryl methyl sites for hydroxylation is 2. The average molecular weight is 308 g/mol. The molecule has 0 spiro atoms. The molecule has 0 saturated heterocycles. The number of benzene rings is 1. The zero-order valence-electron chi connectivity index (χ0n) is 13.1. The molecule has 0 saturated carbocycles. The van der Waals surface area contributed by atoms with E-state index in [-0.39, 0.29) is 0 Å². The van der Waals surface area contributed by atoms with Gasteiger partial charge in [-0.25, -0.2) is 9.78 Å². The molecule has 0 amide bonds. The van der Waals surface area contributed by atoms with Crippen molar-refractivity contribution in [2.24, 2.45) is 10.2 Å². The number of hydrogen-bond acceptors (Lipinski definition) is 5. The molecule has 0 aliphatic rings. The molecule has 0 bridgehead atoms. The molecule has 2 heterocycles. The number of ether oxygens (including phenoxy) is 1. The Hall–Kier alpha value is -3.02. The van der Waals surface area contributed by atoms with Crippen molar-refractivity contribution in [3.05, 3.63) is 59.4 Å². The van der Waals surface area contributed by atoms with E-state index in [1.165, 1.54) is 7.11 Å². The third kappa shape index (κ3) is 2.83. The van der Waals surface area contributed by atoms with E-state index in [1.54, 1.807) is 24.3 Å². The second kappa shape index (κ2) is 6.00. The Balaban J connectivity index is 2.06. The lowest BCUT2D eigenvalue weighted by atomic mass is 10.2. The van der Waals surface area contributed by atoms with Gasteiger partial charge in [0, 0.05) is 6.20 Å². The first-order valence-electron chi connectivity index (χ1n) is 7.14. The summed E-state index contributed by atoms with van der Waals surface area (Å²) in [5.41, 5.74) is 3.52. The molecule has 6 heteroatoms. The monoisotopic (exact) mass is 308 g/mol. The molecule has 0 radical (unpaired) electrons. The lowest BCUT2D eigenvalue weighted by Crippen LogP contribution is -2.00. The summed E-state index contributed by atoms with van der Waals surface area (Å²) < 4.78 is 6.65. The largest absolute Gasteiger partial charge is 0.465 e. The molecular weight excluding hydrogens is 292 g/mol. The second-order valence-corrected chi connectivity index (χ2v) is 5.16. The van der Waals surface area contributed by atoms with E-state index in [9.17, 15) is 4.79 Å². The van der Waals surface area contributed by atoms with Gasteiger partial charge in [0.2, 0.25) is 0 Å². The first-order chi connectivity index (χ1) is 11.1. The van der Waals surface area contributed by atoms with E-state index in [2.05, 4.69) is 15.2 Å². The number of methoxy groups -OCH3 is 1. The summed E-state index contributed by atoms with van der Waals surface area (Å²) in [6, 6.07) is 10.9. The third-order valence-corrected chi connectivity index (χ3v) is 3.47. The van der Waals surface area contributed by atoms with Crippen LogP contribution >= 0.6 is 0 Å². The molecule has 0 aliphatic heterocycles. The number of rotatable bonds is 3. The summed E-state index contributed by atoms with van der Waals surface area (Å²) >= 11 is 0. The van der Waals surface area contributed by atoms with E-state index in [1.807, 2.05) is 36.6 Å². The maximum absolute atomic E-state index is 11.8. The summed E-state index contributed by atoms with van der Waals surface area (Å²) in [4.78, 5) is 16.2. The zero-order valence-corrected chi connectivity index (χ0v) is 13.1. The summed E-state index contributed by atoms with van der Waals surface area (Å²) in [6.07, 6.45) is 1.95. The number of esters is 1. The fourth-order valence-electron chi connectivity index (χ4n) is 2.32. The molecule has 0 fully saturated rings. The predicted molar refractivity (Wildman–Crippen MR) is 86.6 cm³/mol. The van der Waals surface area contributed by atoms with E-state index in [4.69, 9.17) is 4.74 Å². The van der Waals surface area contributed by atoms with Crippen molar-refractivity contribution in [1.29, 1.82) is 0 Å². The van der Waals surface area contributed by atoms with Gasteiger partial charge in [-0.3, -0.25) is 4.40 Å². The van der Waals surface area contributed by atoms with E-state index in [0.717, 1.165) is 16.9 Å². The molecule has 3 rings (SSSR count). The summed E-state index contributed by atoms with van der Waals surface area (Å²) in [6.45, 7) is 3.88. The lowest BCUT2D eigenvalue weighted by Gasteiger charge is -2.02. The van der Waals surface area contributed by atoms with Crippen molar-refractivity contribution >= 4 is 23.1 Å². The molecule has 3 aromatic rings. The minimum Gasteiger partial charge on any atom is -0.465 e. The van der Waals surface area contributed by atoms with Crippen LogP contribution in [0.2, 0.25) is 0 Å². The van der Waals surface area contributed by atoms with Crippen LogP contribution in [0.15, 0.2) is 52.8 Å². The Labute approximate surface area is 133 Å². The van der Waals surface area contributed by atoms with Gasteiger partial charge in [0.1, 0.15) is 11.3 Å². The van der Waals surface area contributed by atoms with Gasteiger partial charge in [-0.2, -0.15) is 0 Å². The van der Waals surface area contributed by atoms with Crippen LogP contribution in [0.5, 0.6) is 0 Å². The summed E-state index contributed by atoms with van der Waals surface area (Å²) in [5.74, 6) is 0.202. The molecule has 0 N–H and O–H groups in total. The highest BCUT2D eigenvalue weighted by atomic mass is 16.5. The van der Waals surface area contributed by atoms with Crippen molar-refractivity contribution in [3.63, 3.8) is 0 Å². The summed E-state index contributed by atoms with van der Waals surface area (Å²) in [7, 11) is 1.34. The van der Waals surface area contributed by atoms with Crippen LogP contribution in [-0.4, -0.2) is 22.5 Å². The number of imidazole rings is 1. The van der Waals surface area contributed by atoms with Gasteiger partial charge in [-0.05, 0) is 37.6 Å². The number of carbonyl (C=O) groups is 1. The quantitative estimate of drug-likeness (QED) is 0.539. The Morgan fingerprint density at radius 2 is 1.91 bits per heavy atom. The SMILES string of the molecule is COC(=O)c1ccccc1N=Nc1c(C)nc2ccc(C)cn12. The smallest absolute Gasteiger partial charge is 0.340 e. The van der Waals surface area contributed by atoms with Gasteiger partial charge in [-0.15, -0.1) is 10.2 Å². The van der Waals surface area contributed by atoms with Gasteiger partial charge in [0.25, 0.3) is 0 Å². The first-order valence-corrected chi connectivity index (χ1v) is 7.14. The van der Waals surface area contributed by atoms with Crippen LogP contribution in [0.4, 0.5) is 11.5 Å². The number of aromatic nitrogens is 2. The van der Waals surface area contributed by atoms with Crippen molar-refractivity contribution in [1.82, 2.24) is 9.38 Å². The second-order valence-electron chi connectivity index (χ2n) is 5.16. The molecule has 0 aliphatic carbocycles. The number of nitrogens with zero attached hydrogens (tertiary/aromatic N) is 4.